The molecule has 1 aliphatic heterocycles. The van der Waals surface area contributed by atoms with Crippen molar-refractivity contribution < 1.29 is 0 Å². The van der Waals surface area contributed by atoms with E-state index in [4.69, 9.17) is 16.9 Å². The highest BCUT2D eigenvalue weighted by atomic mass is 35.5. The molecule has 24 heavy (non-hydrogen) atoms. The maximum atomic E-state index is 8.87. The van der Waals surface area contributed by atoms with Gasteiger partial charge in [-0.05, 0) is 43.7 Å². The lowest BCUT2D eigenvalue weighted by molar-refractivity contribution is 0.200. The Labute approximate surface area is 147 Å². The largest absolute Gasteiger partial charge is 0.341 e. The summed E-state index contributed by atoms with van der Waals surface area (Å²) in [5, 5.41) is 9.35. The molecule has 1 aromatic heterocycles. The number of hydrogen-bond donors (Lipinski definition) is 0. The third-order valence-corrected chi connectivity index (χ3v) is 4.71. The zero-order valence-electron chi connectivity index (χ0n) is 13.7. The summed E-state index contributed by atoms with van der Waals surface area (Å²) >= 11 is 5.95. The van der Waals surface area contributed by atoms with E-state index in [0.717, 1.165) is 38.4 Å². The van der Waals surface area contributed by atoms with E-state index in [2.05, 4.69) is 32.9 Å². The molecule has 2 heterocycles. The maximum Gasteiger partial charge on any atom is 0.226 e. The fraction of sp³-hybridized carbons (Fsp3) is 0.389. The molecule has 1 aliphatic rings. The topological polar surface area (TPSA) is 56.1 Å². The summed E-state index contributed by atoms with van der Waals surface area (Å²) in [6.07, 6.45) is 3.85. The van der Waals surface area contributed by atoms with Gasteiger partial charge < -0.3 is 4.90 Å². The van der Waals surface area contributed by atoms with Crippen LogP contribution in [0.5, 0.6) is 0 Å². The SMILES string of the molecule is CN(Cc1ccc(C#N)cc1)C1CCN(c2nccc(Cl)n2)CC1. The minimum absolute atomic E-state index is 0.486. The molecule has 0 aliphatic carbocycles. The van der Waals surface area contributed by atoms with E-state index in [0.29, 0.717) is 16.8 Å². The van der Waals surface area contributed by atoms with Crippen LogP contribution in [0.25, 0.3) is 0 Å². The molecule has 6 heteroatoms. The second-order valence-electron chi connectivity index (χ2n) is 6.12. The summed E-state index contributed by atoms with van der Waals surface area (Å²) in [5.74, 6) is 0.718. The minimum atomic E-state index is 0.486. The lowest BCUT2D eigenvalue weighted by atomic mass is 10.0. The van der Waals surface area contributed by atoms with Crippen LogP contribution in [0.4, 0.5) is 5.95 Å². The van der Waals surface area contributed by atoms with Crippen molar-refractivity contribution in [2.24, 2.45) is 0 Å². The number of aromatic nitrogens is 2. The molecule has 0 saturated carbocycles. The monoisotopic (exact) mass is 341 g/mol. The van der Waals surface area contributed by atoms with Gasteiger partial charge in [0.1, 0.15) is 5.15 Å². The van der Waals surface area contributed by atoms with Gasteiger partial charge in [0.2, 0.25) is 5.95 Å². The molecule has 0 unspecified atom stereocenters. The normalized spacial score (nSPS) is 15.5. The minimum Gasteiger partial charge on any atom is -0.341 e. The van der Waals surface area contributed by atoms with E-state index in [-0.39, 0.29) is 0 Å². The van der Waals surface area contributed by atoms with E-state index >= 15 is 0 Å². The van der Waals surface area contributed by atoms with Crippen LogP contribution in [0.2, 0.25) is 5.15 Å². The van der Waals surface area contributed by atoms with Gasteiger partial charge in [0, 0.05) is 31.9 Å². The highest BCUT2D eigenvalue weighted by Gasteiger charge is 2.23. The predicted molar refractivity (Wildman–Crippen MR) is 94.9 cm³/mol. The van der Waals surface area contributed by atoms with Crippen molar-refractivity contribution in [3.8, 4) is 6.07 Å². The van der Waals surface area contributed by atoms with Crippen LogP contribution >= 0.6 is 11.6 Å². The van der Waals surface area contributed by atoms with E-state index in [9.17, 15) is 0 Å². The van der Waals surface area contributed by atoms with Crippen LogP contribution in [0.1, 0.15) is 24.0 Å². The standard InChI is InChI=1S/C18H20ClN5/c1-23(13-15-4-2-14(12-20)3-5-15)16-7-10-24(11-8-16)18-21-9-6-17(19)22-18/h2-6,9,16H,7-8,10-11,13H2,1H3. The Morgan fingerprint density at radius 1 is 1.25 bits per heavy atom. The Hall–Kier alpha value is -2.16. The van der Waals surface area contributed by atoms with Gasteiger partial charge in [-0.2, -0.15) is 5.26 Å². The molecule has 0 atom stereocenters. The van der Waals surface area contributed by atoms with Gasteiger partial charge in [-0.3, -0.25) is 4.90 Å². The molecule has 1 aromatic carbocycles. The molecule has 0 bridgehead atoms. The first-order chi connectivity index (χ1) is 11.7. The smallest absolute Gasteiger partial charge is 0.226 e. The summed E-state index contributed by atoms with van der Waals surface area (Å²) in [6, 6.07) is 12.2. The summed E-state index contributed by atoms with van der Waals surface area (Å²) < 4.78 is 0. The van der Waals surface area contributed by atoms with Crippen LogP contribution in [0, 0.1) is 11.3 Å². The molecular formula is C18H20ClN5. The average molecular weight is 342 g/mol. The van der Waals surface area contributed by atoms with Crippen LogP contribution in [-0.4, -0.2) is 41.0 Å². The summed E-state index contributed by atoms with van der Waals surface area (Å²) in [4.78, 5) is 13.2. The predicted octanol–water partition coefficient (Wildman–Crippen LogP) is 3.10. The summed E-state index contributed by atoms with van der Waals surface area (Å²) in [5.41, 5.74) is 1.94. The van der Waals surface area contributed by atoms with Crippen LogP contribution in [-0.2, 0) is 6.54 Å². The third kappa shape index (κ3) is 4.02. The highest BCUT2D eigenvalue weighted by molar-refractivity contribution is 6.29. The van der Waals surface area contributed by atoms with Crippen molar-refractivity contribution in [1.82, 2.24) is 14.9 Å². The molecule has 2 aromatic rings. The van der Waals surface area contributed by atoms with Gasteiger partial charge in [0.15, 0.2) is 0 Å². The number of halogens is 1. The van der Waals surface area contributed by atoms with Crippen molar-refractivity contribution in [3.63, 3.8) is 0 Å². The number of hydrogen-bond acceptors (Lipinski definition) is 5. The van der Waals surface area contributed by atoms with Crippen molar-refractivity contribution in [2.75, 3.05) is 25.0 Å². The fourth-order valence-electron chi connectivity index (χ4n) is 3.09. The van der Waals surface area contributed by atoms with Crippen molar-refractivity contribution in [3.05, 3.63) is 52.8 Å². The Bertz CT molecular complexity index is 717. The number of rotatable bonds is 4. The number of nitriles is 1. The summed E-state index contributed by atoms with van der Waals surface area (Å²) in [7, 11) is 2.16. The summed E-state index contributed by atoms with van der Waals surface area (Å²) in [6.45, 7) is 2.76. The zero-order chi connectivity index (χ0) is 16.9. The van der Waals surface area contributed by atoms with E-state index < -0.39 is 0 Å². The molecule has 0 N–H and O–H groups in total. The van der Waals surface area contributed by atoms with E-state index in [1.807, 2.05) is 24.3 Å². The first-order valence-electron chi connectivity index (χ1n) is 8.08. The molecule has 0 spiro atoms. The number of anilines is 1. The number of nitrogens with zero attached hydrogens (tertiary/aromatic N) is 5. The van der Waals surface area contributed by atoms with Gasteiger partial charge in [-0.1, -0.05) is 23.7 Å². The first-order valence-corrected chi connectivity index (χ1v) is 8.46. The van der Waals surface area contributed by atoms with Gasteiger partial charge in [-0.25, -0.2) is 9.97 Å². The molecule has 5 nitrogen and oxygen atoms in total. The molecular weight excluding hydrogens is 322 g/mol. The van der Waals surface area contributed by atoms with E-state index in [1.165, 1.54) is 5.56 Å². The van der Waals surface area contributed by atoms with Gasteiger partial charge in [0.25, 0.3) is 0 Å². The van der Waals surface area contributed by atoms with Crippen molar-refractivity contribution in [1.29, 1.82) is 5.26 Å². The Morgan fingerprint density at radius 2 is 1.96 bits per heavy atom. The van der Waals surface area contributed by atoms with Crippen molar-refractivity contribution >= 4 is 17.5 Å². The van der Waals surface area contributed by atoms with E-state index in [1.54, 1.807) is 12.3 Å². The fourth-order valence-corrected chi connectivity index (χ4v) is 3.22. The number of piperidine rings is 1. The maximum absolute atomic E-state index is 8.87. The molecule has 124 valence electrons. The third-order valence-electron chi connectivity index (χ3n) is 4.49. The Balaban J connectivity index is 1.54. The Kier molecular flexibility index (Phi) is 5.29. The first kappa shape index (κ1) is 16.7. The van der Waals surface area contributed by atoms with Gasteiger partial charge >= 0.3 is 0 Å². The van der Waals surface area contributed by atoms with Crippen LogP contribution in [0.15, 0.2) is 36.5 Å². The second-order valence-corrected chi connectivity index (χ2v) is 6.51. The zero-order valence-corrected chi connectivity index (χ0v) is 14.4. The molecule has 1 fully saturated rings. The van der Waals surface area contributed by atoms with Crippen LogP contribution in [0.3, 0.4) is 0 Å². The van der Waals surface area contributed by atoms with Crippen LogP contribution < -0.4 is 4.90 Å². The molecule has 0 radical (unpaired) electrons. The number of benzene rings is 1. The highest BCUT2D eigenvalue weighted by Crippen LogP contribution is 2.21. The Morgan fingerprint density at radius 3 is 2.58 bits per heavy atom. The molecule has 0 amide bonds. The molecule has 3 rings (SSSR count). The lowest BCUT2D eigenvalue weighted by Gasteiger charge is -2.36. The van der Waals surface area contributed by atoms with Gasteiger partial charge in [0.05, 0.1) is 11.6 Å². The van der Waals surface area contributed by atoms with Gasteiger partial charge in [-0.15, -0.1) is 0 Å². The van der Waals surface area contributed by atoms with Crippen molar-refractivity contribution in [2.45, 2.75) is 25.4 Å². The average Bonchev–Trinajstić information content (AvgIpc) is 2.62. The second kappa shape index (κ2) is 7.61. The lowest BCUT2D eigenvalue weighted by Crippen LogP contribution is -2.43. The molecule has 1 saturated heterocycles. The quantitative estimate of drug-likeness (QED) is 0.800.